The van der Waals surface area contributed by atoms with Gasteiger partial charge in [-0.15, -0.1) is 11.8 Å². The molecule has 0 radical (unpaired) electrons. The molecule has 0 amide bonds. The Balaban J connectivity index is 1.38. The van der Waals surface area contributed by atoms with E-state index in [1.807, 2.05) is 0 Å². The van der Waals surface area contributed by atoms with Crippen LogP contribution in [-0.4, -0.2) is 42.9 Å². The average molecular weight is 260 g/mol. The highest BCUT2D eigenvalue weighted by atomic mass is 32.2. The molecular formula is C15H20N2S. The van der Waals surface area contributed by atoms with Crippen LogP contribution in [0.4, 0.5) is 0 Å². The molecule has 1 unspecified atom stereocenters. The Morgan fingerprint density at radius 2 is 1.94 bits per heavy atom. The first kappa shape index (κ1) is 11.3. The van der Waals surface area contributed by atoms with E-state index in [0.717, 1.165) is 17.1 Å². The molecule has 0 spiro atoms. The van der Waals surface area contributed by atoms with Crippen molar-refractivity contribution < 1.29 is 0 Å². The highest BCUT2D eigenvalue weighted by Gasteiger charge is 2.37. The van der Waals surface area contributed by atoms with Crippen LogP contribution < -0.4 is 5.32 Å². The smallest absolute Gasteiger partial charge is 0.0263 e. The van der Waals surface area contributed by atoms with E-state index in [-0.39, 0.29) is 0 Å². The minimum atomic E-state index is 0.786. The molecule has 1 aromatic carbocycles. The van der Waals surface area contributed by atoms with Gasteiger partial charge in [-0.3, -0.25) is 0 Å². The lowest BCUT2D eigenvalue weighted by Gasteiger charge is -2.20. The quantitative estimate of drug-likeness (QED) is 0.874. The molecule has 0 aliphatic carbocycles. The van der Waals surface area contributed by atoms with Crippen molar-refractivity contribution in [2.24, 2.45) is 11.8 Å². The maximum Gasteiger partial charge on any atom is 0.0263 e. The van der Waals surface area contributed by atoms with Crippen molar-refractivity contribution >= 4 is 11.8 Å². The Morgan fingerprint density at radius 3 is 2.72 bits per heavy atom. The first-order valence-electron chi connectivity index (χ1n) is 7.06. The molecule has 0 saturated carbocycles. The molecule has 3 aliphatic rings. The molecule has 3 heterocycles. The fourth-order valence-electron chi connectivity index (χ4n) is 3.75. The number of benzene rings is 1. The van der Waals surface area contributed by atoms with Crippen LogP contribution in [0.15, 0.2) is 29.2 Å². The number of nitrogens with one attached hydrogen (secondary N) is 1. The Bertz CT molecular complexity index is 411. The molecule has 4 rings (SSSR count). The van der Waals surface area contributed by atoms with Crippen LogP contribution in [-0.2, 0) is 6.42 Å². The van der Waals surface area contributed by atoms with Crippen LogP contribution in [0.1, 0.15) is 5.56 Å². The Morgan fingerprint density at radius 1 is 1.17 bits per heavy atom. The second-order valence-corrected chi connectivity index (χ2v) is 7.29. The van der Waals surface area contributed by atoms with Gasteiger partial charge in [0.25, 0.3) is 0 Å². The van der Waals surface area contributed by atoms with Crippen LogP contribution in [0.3, 0.4) is 0 Å². The second kappa shape index (κ2) is 4.55. The highest BCUT2D eigenvalue weighted by molar-refractivity contribution is 8.00. The number of nitrogens with zero attached hydrogens (tertiary/aromatic N) is 1. The van der Waals surface area contributed by atoms with Gasteiger partial charge in [0.15, 0.2) is 0 Å². The molecule has 2 saturated heterocycles. The van der Waals surface area contributed by atoms with Crippen molar-refractivity contribution in [2.45, 2.75) is 16.6 Å². The molecule has 2 nitrogen and oxygen atoms in total. The van der Waals surface area contributed by atoms with E-state index in [1.54, 1.807) is 5.56 Å². The lowest BCUT2D eigenvalue weighted by atomic mass is 10.0. The lowest BCUT2D eigenvalue weighted by molar-refractivity contribution is 0.314. The van der Waals surface area contributed by atoms with E-state index in [4.69, 9.17) is 0 Å². The Hall–Kier alpha value is -0.510. The third-order valence-corrected chi connectivity index (χ3v) is 5.94. The van der Waals surface area contributed by atoms with Crippen LogP contribution in [0, 0.1) is 11.8 Å². The predicted molar refractivity (Wildman–Crippen MR) is 76.1 cm³/mol. The monoisotopic (exact) mass is 260 g/mol. The molecule has 18 heavy (non-hydrogen) atoms. The first-order valence-corrected chi connectivity index (χ1v) is 7.94. The van der Waals surface area contributed by atoms with Gasteiger partial charge in [-0.2, -0.15) is 0 Å². The first-order chi connectivity index (χ1) is 8.88. The number of likely N-dealkylation sites (tertiary alicyclic amines) is 1. The van der Waals surface area contributed by atoms with Gasteiger partial charge in [0, 0.05) is 29.8 Å². The topological polar surface area (TPSA) is 15.3 Å². The molecule has 3 heteroatoms. The van der Waals surface area contributed by atoms with E-state index in [9.17, 15) is 0 Å². The van der Waals surface area contributed by atoms with Gasteiger partial charge in [-0.25, -0.2) is 0 Å². The van der Waals surface area contributed by atoms with Gasteiger partial charge >= 0.3 is 0 Å². The zero-order valence-corrected chi connectivity index (χ0v) is 11.5. The molecule has 2 fully saturated rings. The molecule has 3 aliphatic heterocycles. The third kappa shape index (κ3) is 1.98. The number of fused-ring (bicyclic) bond motifs is 2. The Labute approximate surface area is 113 Å². The summed E-state index contributed by atoms with van der Waals surface area (Å²) < 4.78 is 0. The summed E-state index contributed by atoms with van der Waals surface area (Å²) in [5.74, 6) is 1.86. The summed E-state index contributed by atoms with van der Waals surface area (Å²) in [6.45, 7) is 6.43. The third-order valence-electron chi connectivity index (χ3n) is 4.64. The SMILES string of the molecule is c1ccc2c(c1)CC(CN1C[C@H]3CNC[C@H]3C1)S2. The van der Waals surface area contributed by atoms with Crippen LogP contribution in [0.5, 0.6) is 0 Å². The molecule has 1 N–H and O–H groups in total. The van der Waals surface area contributed by atoms with Crippen molar-refractivity contribution in [3.8, 4) is 0 Å². The number of thioether (sulfide) groups is 1. The fourth-order valence-corrected chi connectivity index (χ4v) is 5.11. The maximum absolute atomic E-state index is 3.52. The average Bonchev–Trinajstić information content (AvgIpc) is 3.01. The van der Waals surface area contributed by atoms with Gasteiger partial charge in [0.05, 0.1) is 0 Å². The van der Waals surface area contributed by atoms with Crippen molar-refractivity contribution in [1.82, 2.24) is 10.2 Å². The van der Waals surface area contributed by atoms with Gasteiger partial charge in [0.1, 0.15) is 0 Å². The lowest BCUT2D eigenvalue weighted by Crippen LogP contribution is -2.31. The predicted octanol–water partition coefficient (Wildman–Crippen LogP) is 1.85. The molecule has 3 atom stereocenters. The van der Waals surface area contributed by atoms with Gasteiger partial charge < -0.3 is 10.2 Å². The van der Waals surface area contributed by atoms with Gasteiger partial charge in [-0.05, 0) is 43.0 Å². The molecule has 1 aromatic rings. The molecular weight excluding hydrogens is 240 g/mol. The maximum atomic E-state index is 3.52. The van der Waals surface area contributed by atoms with Crippen molar-refractivity contribution in [2.75, 3.05) is 32.7 Å². The zero-order chi connectivity index (χ0) is 11.9. The summed E-state index contributed by atoms with van der Waals surface area (Å²) in [5, 5.41) is 4.31. The number of hydrogen-bond donors (Lipinski definition) is 1. The molecule has 96 valence electrons. The summed E-state index contributed by atoms with van der Waals surface area (Å²) in [6.07, 6.45) is 1.27. The van der Waals surface area contributed by atoms with Crippen LogP contribution in [0.2, 0.25) is 0 Å². The largest absolute Gasteiger partial charge is 0.316 e. The number of rotatable bonds is 2. The summed E-state index contributed by atoms with van der Waals surface area (Å²) in [7, 11) is 0. The number of hydrogen-bond acceptors (Lipinski definition) is 3. The second-order valence-electron chi connectivity index (χ2n) is 5.95. The fraction of sp³-hybridized carbons (Fsp3) is 0.600. The van der Waals surface area contributed by atoms with Crippen molar-refractivity contribution in [1.29, 1.82) is 0 Å². The summed E-state index contributed by atoms with van der Waals surface area (Å²) in [4.78, 5) is 4.23. The van der Waals surface area contributed by atoms with E-state index in [2.05, 4.69) is 46.2 Å². The molecule has 0 aromatic heterocycles. The van der Waals surface area contributed by atoms with E-state index >= 15 is 0 Å². The zero-order valence-electron chi connectivity index (χ0n) is 10.6. The van der Waals surface area contributed by atoms with Gasteiger partial charge in [0.2, 0.25) is 0 Å². The highest BCUT2D eigenvalue weighted by Crippen LogP contribution is 2.38. The molecule has 0 bridgehead atoms. The summed E-state index contributed by atoms with van der Waals surface area (Å²) >= 11 is 2.09. The van der Waals surface area contributed by atoms with Crippen molar-refractivity contribution in [3.05, 3.63) is 29.8 Å². The van der Waals surface area contributed by atoms with Crippen molar-refractivity contribution in [3.63, 3.8) is 0 Å². The van der Waals surface area contributed by atoms with E-state index in [0.29, 0.717) is 0 Å². The minimum Gasteiger partial charge on any atom is -0.316 e. The van der Waals surface area contributed by atoms with Crippen LogP contribution >= 0.6 is 11.8 Å². The summed E-state index contributed by atoms with van der Waals surface area (Å²) in [6, 6.07) is 8.92. The van der Waals surface area contributed by atoms with E-state index < -0.39 is 0 Å². The normalized spacial score (nSPS) is 34.8. The standard InChI is InChI=1S/C15H20N2S/c1-2-4-15-11(3-1)5-14(18-15)10-17-8-12-6-16-7-13(12)9-17/h1-4,12-14,16H,5-10H2/t12-,13+,14?. The summed E-state index contributed by atoms with van der Waals surface area (Å²) in [5.41, 5.74) is 1.56. The van der Waals surface area contributed by atoms with Gasteiger partial charge in [-0.1, -0.05) is 18.2 Å². The van der Waals surface area contributed by atoms with E-state index in [1.165, 1.54) is 44.0 Å². The Kier molecular flexibility index (Phi) is 2.86. The van der Waals surface area contributed by atoms with Crippen LogP contribution in [0.25, 0.3) is 0 Å². The minimum absolute atomic E-state index is 0.786.